The van der Waals surface area contributed by atoms with E-state index in [9.17, 15) is 0 Å². The average Bonchev–Trinajstić information content (AvgIpc) is 2.82. The van der Waals surface area contributed by atoms with Gasteiger partial charge in [-0.25, -0.2) is 0 Å². The molecule has 0 saturated carbocycles. The van der Waals surface area contributed by atoms with Gasteiger partial charge in [0, 0.05) is 17.1 Å². The molecule has 0 spiro atoms. The Labute approximate surface area is 181 Å². The van der Waals surface area contributed by atoms with Gasteiger partial charge in [0.15, 0.2) is 0 Å². The van der Waals surface area contributed by atoms with Gasteiger partial charge >= 0.3 is 119 Å². The van der Waals surface area contributed by atoms with Crippen LogP contribution in [0.4, 0.5) is 0 Å². The topological polar surface area (TPSA) is 68.3 Å². The van der Waals surface area contributed by atoms with Gasteiger partial charge < -0.3 is 0 Å². The summed E-state index contributed by atoms with van der Waals surface area (Å²) in [6.45, 7) is 18.0. The first-order chi connectivity index (χ1) is 13.4. The van der Waals surface area contributed by atoms with Gasteiger partial charge in [-0.1, -0.05) is 0 Å². The Hall–Kier alpha value is -2.58. The molecule has 0 fully saturated rings. The number of hydrogen-bond acceptors (Lipinski definition) is 4. The molecule has 0 aliphatic carbocycles. The molecular formula is C22H15AsFeO4. The van der Waals surface area contributed by atoms with Gasteiger partial charge in [-0.15, -0.1) is 0 Å². The maximum atomic E-state index is 7.50. The summed E-state index contributed by atoms with van der Waals surface area (Å²) in [5.74, 6) is 0. The number of rotatable bonds is 3. The molecule has 0 atom stereocenters. The van der Waals surface area contributed by atoms with E-state index < -0.39 is 14.7 Å². The first kappa shape index (κ1) is 30.2. The molecule has 0 aliphatic heterocycles. The predicted octanol–water partition coefficient (Wildman–Crippen LogP) is 0.612. The minimum absolute atomic E-state index is 0. The fourth-order valence-electron chi connectivity index (χ4n) is 2.18. The van der Waals surface area contributed by atoms with Crippen LogP contribution >= 0.6 is 0 Å². The van der Waals surface area contributed by atoms with Gasteiger partial charge in [0.05, 0.1) is 0 Å². The fraction of sp³-hybridized carbons (Fsp3) is 0. The first-order valence-corrected chi connectivity index (χ1v) is 10.0. The van der Waals surface area contributed by atoms with Crippen molar-refractivity contribution in [3.05, 3.63) is 91.0 Å². The number of hydrogen-bond donors (Lipinski definition) is 0. The summed E-state index contributed by atoms with van der Waals surface area (Å²) in [5.41, 5.74) is 0. The van der Waals surface area contributed by atoms with Crippen LogP contribution in [0.15, 0.2) is 91.0 Å². The van der Waals surface area contributed by atoms with Crippen LogP contribution in [-0.4, -0.2) is 41.8 Å². The molecule has 0 bridgehead atoms. The molecule has 0 unspecified atom stereocenters. The van der Waals surface area contributed by atoms with E-state index >= 15 is 0 Å². The van der Waals surface area contributed by atoms with Crippen LogP contribution in [0.3, 0.4) is 0 Å². The third-order valence-corrected chi connectivity index (χ3v) is 8.17. The average molecular weight is 474 g/mol. The van der Waals surface area contributed by atoms with E-state index in [4.69, 9.17) is 19.2 Å². The molecule has 0 heterocycles. The van der Waals surface area contributed by atoms with E-state index in [0.717, 1.165) is 0 Å². The quantitative estimate of drug-likeness (QED) is 0.523. The van der Waals surface area contributed by atoms with Crippen LogP contribution in [0.1, 0.15) is 0 Å². The molecule has 3 rings (SSSR count). The molecule has 0 aliphatic rings. The standard InChI is InChI=1S/C18H15As.4CO.Fe/c1-4-10-16(11-5-1)19(17-12-6-2-7-13-17)18-14-8-3-9-15-18;4*1-2;/h1-15H;;;;;. The summed E-state index contributed by atoms with van der Waals surface area (Å²) >= 11 is -1.39. The molecule has 3 aromatic carbocycles. The van der Waals surface area contributed by atoms with Gasteiger partial charge in [-0.05, 0) is 0 Å². The van der Waals surface area contributed by atoms with Crippen LogP contribution in [0.2, 0.25) is 0 Å². The maximum absolute atomic E-state index is 7.50. The van der Waals surface area contributed by atoms with Crippen LogP contribution < -0.4 is 13.1 Å². The van der Waals surface area contributed by atoms with E-state index in [1.54, 1.807) is 0 Å². The van der Waals surface area contributed by atoms with Crippen molar-refractivity contribution in [2.24, 2.45) is 0 Å². The Bertz CT molecular complexity index is 598. The molecule has 0 aromatic heterocycles. The summed E-state index contributed by atoms with van der Waals surface area (Å²) in [7, 11) is 0. The molecule has 0 saturated heterocycles. The molecule has 28 heavy (non-hydrogen) atoms. The summed E-state index contributed by atoms with van der Waals surface area (Å²) in [6, 6.07) is 32.7. The predicted molar refractivity (Wildman–Crippen MR) is 107 cm³/mol. The fourth-order valence-corrected chi connectivity index (χ4v) is 7.02. The zero-order valence-electron chi connectivity index (χ0n) is 14.6. The van der Waals surface area contributed by atoms with Gasteiger partial charge in [0.2, 0.25) is 0 Å². The third-order valence-electron chi connectivity index (χ3n) is 3.04. The number of carbonyl (C=O) groups excluding carboxylic acids is 4. The van der Waals surface area contributed by atoms with E-state index in [1.165, 1.54) is 13.1 Å². The molecule has 8 radical (unpaired) electrons. The van der Waals surface area contributed by atoms with Crippen molar-refractivity contribution in [3.63, 3.8) is 0 Å². The minimum atomic E-state index is -1.39. The van der Waals surface area contributed by atoms with Crippen LogP contribution in [-0.2, 0) is 36.2 Å². The number of benzene rings is 3. The van der Waals surface area contributed by atoms with Crippen molar-refractivity contribution >= 4 is 54.9 Å². The van der Waals surface area contributed by atoms with E-state index in [1.807, 2.05) is 0 Å². The molecule has 0 N–H and O–H groups in total. The Morgan fingerprint density at radius 1 is 0.393 bits per heavy atom. The van der Waals surface area contributed by atoms with Gasteiger partial charge in [-0.3, -0.25) is 19.2 Å². The molecule has 140 valence electrons. The first-order valence-electron chi connectivity index (χ1n) is 7.22. The van der Waals surface area contributed by atoms with Crippen LogP contribution in [0.25, 0.3) is 0 Å². The Morgan fingerprint density at radius 3 is 0.750 bits per heavy atom. The summed E-state index contributed by atoms with van der Waals surface area (Å²) in [5, 5.41) is 0. The SMILES string of the molecule is [C]=O.[C]=O.[C]=O.[C]=O.[Fe].c1ccc([As](c2ccccc2)c2ccccc2)cc1. The molecular weight excluding hydrogens is 459 g/mol. The van der Waals surface area contributed by atoms with Crippen LogP contribution in [0.5, 0.6) is 0 Å². The summed E-state index contributed by atoms with van der Waals surface area (Å²) < 4.78 is 4.44. The second-order valence-electron chi connectivity index (χ2n) is 4.34. The van der Waals surface area contributed by atoms with Gasteiger partial charge in [0.25, 0.3) is 27.2 Å². The normalized spacial score (nSPS) is 7.75. The van der Waals surface area contributed by atoms with Crippen LogP contribution in [0, 0.1) is 0 Å². The molecule has 4 nitrogen and oxygen atoms in total. The van der Waals surface area contributed by atoms with Crippen molar-refractivity contribution in [1.29, 1.82) is 0 Å². The van der Waals surface area contributed by atoms with Crippen molar-refractivity contribution in [3.8, 4) is 0 Å². The summed E-state index contributed by atoms with van der Waals surface area (Å²) in [4.78, 5) is 30.0. The monoisotopic (exact) mass is 474 g/mol. The van der Waals surface area contributed by atoms with Crippen molar-refractivity contribution < 1.29 is 36.2 Å². The second-order valence-corrected chi connectivity index (χ2v) is 9.00. The second kappa shape index (κ2) is 22.5. The molecule has 6 heteroatoms. The molecule has 3 aromatic rings. The summed E-state index contributed by atoms with van der Waals surface area (Å²) in [6.07, 6.45) is 0. The zero-order valence-corrected chi connectivity index (χ0v) is 17.6. The Morgan fingerprint density at radius 2 is 0.571 bits per heavy atom. The Kier molecular flexibility index (Phi) is 24.2. The van der Waals surface area contributed by atoms with Crippen molar-refractivity contribution in [1.82, 2.24) is 0 Å². The molecule has 0 amide bonds. The zero-order chi connectivity index (χ0) is 20.9. The van der Waals surface area contributed by atoms with E-state index in [0.29, 0.717) is 0 Å². The Balaban J connectivity index is -0.000000622. The van der Waals surface area contributed by atoms with E-state index in [-0.39, 0.29) is 17.1 Å². The third kappa shape index (κ3) is 10.5. The van der Waals surface area contributed by atoms with E-state index in [2.05, 4.69) is 118 Å². The van der Waals surface area contributed by atoms with Gasteiger partial charge in [0.1, 0.15) is 0 Å². The van der Waals surface area contributed by atoms with Gasteiger partial charge in [-0.2, -0.15) is 0 Å². The van der Waals surface area contributed by atoms with Crippen molar-refractivity contribution in [2.45, 2.75) is 0 Å². The van der Waals surface area contributed by atoms with Crippen molar-refractivity contribution in [2.75, 3.05) is 0 Å².